The van der Waals surface area contributed by atoms with E-state index >= 15 is 0 Å². The first-order valence-electron chi connectivity index (χ1n) is 8.92. The van der Waals surface area contributed by atoms with Crippen LogP contribution in [0.2, 0.25) is 5.02 Å². The number of hydrogen-bond donors (Lipinski definition) is 1. The summed E-state index contributed by atoms with van der Waals surface area (Å²) in [5.41, 5.74) is 0.243. The molecule has 0 saturated carbocycles. The number of hydrogen-bond acceptors (Lipinski definition) is 5. The maximum Gasteiger partial charge on any atom is 0.573 e. The Labute approximate surface area is 180 Å². The van der Waals surface area contributed by atoms with Gasteiger partial charge in [-0.2, -0.15) is 18.4 Å². The van der Waals surface area contributed by atoms with Crippen LogP contribution in [-0.2, 0) is 19.0 Å². The van der Waals surface area contributed by atoms with Crippen LogP contribution in [0, 0.1) is 0 Å². The minimum atomic E-state index is -4.86. The Morgan fingerprint density at radius 1 is 0.969 bits per heavy atom. The summed E-state index contributed by atoms with van der Waals surface area (Å²) in [6.07, 6.45) is -8.84. The molecule has 1 N–H and O–H groups in total. The Kier molecular flexibility index (Phi) is 5.49. The zero-order chi connectivity index (χ0) is 23.1. The highest BCUT2D eigenvalue weighted by Gasteiger charge is 2.40. The van der Waals surface area contributed by atoms with Crippen molar-refractivity contribution in [1.82, 2.24) is 20.6 Å². The molecule has 32 heavy (non-hydrogen) atoms. The quantitative estimate of drug-likeness (QED) is 0.359. The number of aromatic amines is 1. The number of ether oxygens (including phenoxy) is 1. The molecule has 0 bridgehead atoms. The number of furan rings is 1. The van der Waals surface area contributed by atoms with Crippen LogP contribution >= 0.6 is 11.6 Å². The van der Waals surface area contributed by atoms with Gasteiger partial charge in [-0.3, -0.25) is 0 Å². The lowest BCUT2D eigenvalue weighted by Gasteiger charge is -2.11. The van der Waals surface area contributed by atoms with Gasteiger partial charge >= 0.3 is 12.5 Å². The molecule has 2 aromatic heterocycles. The number of alkyl halides is 6. The van der Waals surface area contributed by atoms with E-state index in [-0.39, 0.29) is 21.8 Å². The third-order valence-electron chi connectivity index (χ3n) is 4.51. The van der Waals surface area contributed by atoms with Gasteiger partial charge in [0.2, 0.25) is 5.82 Å². The fraction of sp³-hybridized carbons (Fsp3) is 0.211. The number of nitrogens with zero attached hydrogens (tertiary/aromatic N) is 3. The van der Waals surface area contributed by atoms with Gasteiger partial charge in [0.25, 0.3) is 0 Å². The number of tetrazole rings is 1. The average Bonchev–Trinajstić information content (AvgIpc) is 3.33. The molecule has 0 spiro atoms. The first kappa shape index (κ1) is 21.9. The van der Waals surface area contributed by atoms with Gasteiger partial charge in [-0.1, -0.05) is 29.8 Å². The number of nitrogens with one attached hydrogen (secondary N) is 1. The summed E-state index contributed by atoms with van der Waals surface area (Å²) in [5, 5.41) is 12.1. The molecule has 6 nitrogen and oxygen atoms in total. The summed E-state index contributed by atoms with van der Waals surface area (Å²) in [5.74, 6) is -1.40. The van der Waals surface area contributed by atoms with E-state index in [2.05, 4.69) is 25.4 Å². The zero-order valence-corrected chi connectivity index (χ0v) is 16.4. The second kappa shape index (κ2) is 8.01. The second-order valence-corrected chi connectivity index (χ2v) is 7.09. The monoisotopic (exact) mass is 476 g/mol. The van der Waals surface area contributed by atoms with Crippen LogP contribution in [-0.4, -0.2) is 27.0 Å². The summed E-state index contributed by atoms with van der Waals surface area (Å²) >= 11 is 5.84. The Morgan fingerprint density at radius 2 is 1.66 bits per heavy atom. The Balaban J connectivity index is 1.58. The van der Waals surface area contributed by atoms with Crippen molar-refractivity contribution >= 4 is 22.6 Å². The number of aryl methyl sites for hydroxylation is 2. The van der Waals surface area contributed by atoms with Gasteiger partial charge in [0.15, 0.2) is 5.76 Å². The lowest BCUT2D eigenvalue weighted by molar-refractivity contribution is -0.274. The molecule has 0 aliphatic carbocycles. The highest BCUT2D eigenvalue weighted by Crippen LogP contribution is 2.43. The number of fused-ring (bicyclic) bond motifs is 1. The third-order valence-corrected chi connectivity index (χ3v) is 4.81. The van der Waals surface area contributed by atoms with Crippen LogP contribution in [0.25, 0.3) is 22.6 Å². The predicted molar refractivity (Wildman–Crippen MR) is 99.9 cm³/mol. The number of rotatable bonds is 5. The Bertz CT molecular complexity index is 1250. The molecule has 4 rings (SSSR count). The fourth-order valence-electron chi connectivity index (χ4n) is 3.19. The lowest BCUT2D eigenvalue weighted by atomic mass is 10.0. The van der Waals surface area contributed by atoms with Gasteiger partial charge in [-0.15, -0.1) is 23.4 Å². The normalized spacial score (nSPS) is 12.5. The van der Waals surface area contributed by atoms with Crippen molar-refractivity contribution in [3.8, 4) is 17.3 Å². The van der Waals surface area contributed by atoms with Crippen LogP contribution in [0.4, 0.5) is 26.3 Å². The zero-order valence-electron chi connectivity index (χ0n) is 15.7. The van der Waals surface area contributed by atoms with E-state index in [1.807, 2.05) is 0 Å². The molecular weight excluding hydrogens is 466 g/mol. The molecule has 2 aromatic carbocycles. The highest BCUT2D eigenvalue weighted by atomic mass is 35.5. The lowest BCUT2D eigenvalue weighted by Crippen LogP contribution is -2.17. The fourth-order valence-corrected chi connectivity index (χ4v) is 3.43. The van der Waals surface area contributed by atoms with Crippen molar-refractivity contribution in [3.05, 3.63) is 58.1 Å². The Hall–Kier alpha value is -3.28. The van der Waals surface area contributed by atoms with Crippen molar-refractivity contribution < 1.29 is 35.5 Å². The van der Waals surface area contributed by atoms with E-state index in [0.29, 0.717) is 24.0 Å². The molecule has 0 aliphatic rings. The predicted octanol–water partition coefficient (Wildman–Crippen LogP) is 5.97. The van der Waals surface area contributed by atoms with Gasteiger partial charge in [0.05, 0.1) is 5.02 Å². The Morgan fingerprint density at radius 3 is 2.25 bits per heavy atom. The SMILES string of the molecule is FC(F)(F)Oc1ccc(CCc2ccc3c(C(F)(F)F)c(-c4nn[nH]n4)oc3c2)cc1Cl. The number of halogens is 7. The molecule has 0 unspecified atom stereocenters. The van der Waals surface area contributed by atoms with Crippen LogP contribution in [0.3, 0.4) is 0 Å². The van der Waals surface area contributed by atoms with Crippen LogP contribution in [0.15, 0.2) is 40.8 Å². The second-order valence-electron chi connectivity index (χ2n) is 6.68. The minimum absolute atomic E-state index is 0.0124. The van der Waals surface area contributed by atoms with E-state index in [1.165, 1.54) is 30.3 Å². The van der Waals surface area contributed by atoms with E-state index < -0.39 is 29.6 Å². The van der Waals surface area contributed by atoms with E-state index in [9.17, 15) is 26.3 Å². The molecule has 0 radical (unpaired) electrons. The molecule has 0 fully saturated rings. The molecule has 4 aromatic rings. The maximum absolute atomic E-state index is 13.6. The largest absolute Gasteiger partial charge is 0.573 e. The van der Waals surface area contributed by atoms with Crippen LogP contribution in [0.1, 0.15) is 16.7 Å². The van der Waals surface area contributed by atoms with Gasteiger partial charge in [0.1, 0.15) is 16.9 Å². The molecule has 0 atom stereocenters. The summed E-state index contributed by atoms with van der Waals surface area (Å²) in [4.78, 5) is 0. The average molecular weight is 477 g/mol. The third kappa shape index (κ3) is 4.64. The smallest absolute Gasteiger partial charge is 0.452 e. The van der Waals surface area contributed by atoms with Gasteiger partial charge in [0, 0.05) is 5.39 Å². The summed E-state index contributed by atoms with van der Waals surface area (Å²) in [7, 11) is 0. The van der Waals surface area contributed by atoms with Crippen LogP contribution in [0.5, 0.6) is 5.75 Å². The van der Waals surface area contributed by atoms with E-state index in [0.717, 1.165) is 6.07 Å². The summed E-state index contributed by atoms with van der Waals surface area (Å²) < 4.78 is 87.1. The molecule has 0 amide bonds. The topological polar surface area (TPSA) is 76.8 Å². The van der Waals surface area contributed by atoms with Crippen molar-refractivity contribution in [2.75, 3.05) is 0 Å². The highest BCUT2D eigenvalue weighted by molar-refractivity contribution is 6.32. The summed E-state index contributed by atoms with van der Waals surface area (Å²) in [6.45, 7) is 0. The summed E-state index contributed by atoms with van der Waals surface area (Å²) in [6, 6.07) is 8.12. The van der Waals surface area contributed by atoms with Gasteiger partial charge < -0.3 is 9.15 Å². The minimum Gasteiger partial charge on any atom is -0.452 e. The van der Waals surface area contributed by atoms with E-state index in [4.69, 9.17) is 16.0 Å². The molecule has 0 saturated heterocycles. The standard InChI is InChI=1S/C19H11ClF6N4O2/c20-12-7-9(4-6-13(12)32-19(24,25)26)1-2-10-3-5-11-14(8-10)31-16(15(11)18(21,22)23)17-27-29-30-28-17/h3-8H,1-2H2,(H,27,28,29,30). The first-order valence-corrected chi connectivity index (χ1v) is 9.29. The number of benzene rings is 2. The van der Waals surface area contributed by atoms with Crippen molar-refractivity contribution in [3.63, 3.8) is 0 Å². The van der Waals surface area contributed by atoms with E-state index in [1.54, 1.807) is 0 Å². The molecule has 168 valence electrons. The molecule has 0 aliphatic heterocycles. The maximum atomic E-state index is 13.6. The van der Waals surface area contributed by atoms with Crippen molar-refractivity contribution in [2.45, 2.75) is 25.4 Å². The molecule has 2 heterocycles. The van der Waals surface area contributed by atoms with Crippen LogP contribution < -0.4 is 4.74 Å². The van der Waals surface area contributed by atoms with Crippen molar-refractivity contribution in [1.29, 1.82) is 0 Å². The first-order chi connectivity index (χ1) is 15.0. The van der Waals surface area contributed by atoms with Gasteiger partial charge in [-0.25, -0.2) is 0 Å². The van der Waals surface area contributed by atoms with Crippen molar-refractivity contribution in [2.24, 2.45) is 0 Å². The molecule has 13 heteroatoms. The van der Waals surface area contributed by atoms with Gasteiger partial charge in [-0.05, 0) is 47.4 Å². The number of aromatic nitrogens is 4. The number of H-pyrrole nitrogens is 1. The molecular formula is C19H11ClF6N4O2.